The molecule has 0 amide bonds. The van der Waals surface area contributed by atoms with Crippen LogP contribution in [0.15, 0.2) is 0 Å². The van der Waals surface area contributed by atoms with Crippen molar-refractivity contribution < 1.29 is 34.7 Å². The smallest absolute Gasteiger partial charge is 0.346 e. The third-order valence-corrected chi connectivity index (χ3v) is 0. The van der Waals surface area contributed by atoms with Crippen molar-refractivity contribution in [2.75, 3.05) is 0 Å². The molecule has 0 saturated carbocycles. The molecule has 2 heteroatoms. The topological polar surface area (TPSA) is 0 Å². The van der Waals surface area contributed by atoms with Crippen LogP contribution in [0.3, 0.4) is 0 Å². The van der Waals surface area contributed by atoms with Crippen LogP contribution in [0.1, 0.15) is 6.92 Å². The molecule has 2 radical (unpaired) electrons. The van der Waals surface area contributed by atoms with Gasteiger partial charge in [0.2, 0.25) is 0 Å². The summed E-state index contributed by atoms with van der Waals surface area (Å²) < 4.78 is 0. The van der Waals surface area contributed by atoms with Gasteiger partial charge >= 0.3 is 34.7 Å². The summed E-state index contributed by atoms with van der Waals surface area (Å²) in [6, 6.07) is 0. The van der Waals surface area contributed by atoms with Crippen LogP contribution in [0.5, 0.6) is 0 Å². The summed E-state index contributed by atoms with van der Waals surface area (Å²) >= 11 is 0. The number of hydrogen-bond donors (Lipinski definition) is 0. The minimum absolute atomic E-state index is 0. The van der Waals surface area contributed by atoms with Crippen molar-refractivity contribution in [1.82, 2.24) is 0 Å². The first-order chi connectivity index (χ1) is 1.00. The number of hydrogen-bond acceptors (Lipinski definition) is 0. The standard InChI is InChI=1S/C2H5.2Cr/c1-2;;/h1H2,2H3;;/q-1;2*+3. The molecule has 0 aromatic rings. The maximum absolute atomic E-state index is 3.25. The summed E-state index contributed by atoms with van der Waals surface area (Å²) in [4.78, 5) is 0. The van der Waals surface area contributed by atoms with E-state index in [1.54, 1.807) is 6.92 Å². The quantitative estimate of drug-likeness (QED) is 0.429. The molecule has 0 fully saturated rings. The maximum atomic E-state index is 3.25. The molecule has 0 saturated heterocycles. The molecule has 20 valence electrons. The molecule has 0 aliphatic heterocycles. The zero-order chi connectivity index (χ0) is 2.00. The van der Waals surface area contributed by atoms with Crippen LogP contribution in [0.25, 0.3) is 0 Å². The molecule has 0 nitrogen and oxygen atoms in total. The van der Waals surface area contributed by atoms with Gasteiger partial charge in [0.15, 0.2) is 0 Å². The fourth-order valence-electron chi connectivity index (χ4n) is 0. The summed E-state index contributed by atoms with van der Waals surface area (Å²) in [6.45, 7) is 5.00. The molecule has 0 atom stereocenters. The fourth-order valence-corrected chi connectivity index (χ4v) is 0. The van der Waals surface area contributed by atoms with Crippen LogP contribution in [0, 0.1) is 6.92 Å². The van der Waals surface area contributed by atoms with Gasteiger partial charge in [0.05, 0.1) is 0 Å². The van der Waals surface area contributed by atoms with Gasteiger partial charge in [0.25, 0.3) is 0 Å². The second-order valence-electron chi connectivity index (χ2n) is 0. The van der Waals surface area contributed by atoms with Gasteiger partial charge in [-0.2, -0.15) is 6.92 Å². The molecule has 0 bridgehead atoms. The minimum atomic E-state index is 0. The van der Waals surface area contributed by atoms with Crippen LogP contribution in [-0.2, 0) is 34.7 Å². The van der Waals surface area contributed by atoms with Crippen LogP contribution in [0.2, 0.25) is 0 Å². The van der Waals surface area contributed by atoms with Crippen LogP contribution in [0.4, 0.5) is 0 Å². The molecule has 0 unspecified atom stereocenters. The van der Waals surface area contributed by atoms with E-state index >= 15 is 0 Å². The van der Waals surface area contributed by atoms with E-state index in [2.05, 4.69) is 6.92 Å². The van der Waals surface area contributed by atoms with E-state index in [4.69, 9.17) is 0 Å². The Labute approximate surface area is 48.9 Å². The van der Waals surface area contributed by atoms with E-state index < -0.39 is 0 Å². The third kappa shape index (κ3) is 11.5. The van der Waals surface area contributed by atoms with Crippen molar-refractivity contribution in [3.8, 4) is 0 Å². The molecule has 0 rings (SSSR count). The van der Waals surface area contributed by atoms with Crippen LogP contribution >= 0.6 is 0 Å². The maximum Gasteiger partial charge on any atom is 3.00 e. The van der Waals surface area contributed by atoms with E-state index in [-0.39, 0.29) is 34.7 Å². The average molecular weight is 133 g/mol. The molecular formula is C2H5Cr2+5. The first-order valence-electron chi connectivity index (χ1n) is 0.707. The third-order valence-electron chi connectivity index (χ3n) is 0. The van der Waals surface area contributed by atoms with Crippen LogP contribution in [-0.4, -0.2) is 0 Å². The first kappa shape index (κ1) is 19.6. The zero-order valence-corrected chi connectivity index (χ0v) is 5.07. The molecular weight excluding hydrogens is 128 g/mol. The summed E-state index contributed by atoms with van der Waals surface area (Å²) in [5, 5.41) is 0. The van der Waals surface area contributed by atoms with Gasteiger partial charge in [-0.3, -0.25) is 0 Å². The monoisotopic (exact) mass is 133 g/mol. The Morgan fingerprint density at radius 2 is 1.00 bits per heavy atom. The van der Waals surface area contributed by atoms with Crippen LogP contribution < -0.4 is 0 Å². The van der Waals surface area contributed by atoms with E-state index in [1.165, 1.54) is 0 Å². The predicted octanol–water partition coefficient (Wildman–Crippen LogP) is 0.835. The van der Waals surface area contributed by atoms with Gasteiger partial charge in [-0.05, 0) is 0 Å². The van der Waals surface area contributed by atoms with E-state index in [9.17, 15) is 0 Å². The molecule has 0 spiro atoms. The molecule has 0 heterocycles. The molecule has 0 aromatic carbocycles. The van der Waals surface area contributed by atoms with Gasteiger partial charge in [0, 0.05) is 0 Å². The molecule has 0 aromatic heterocycles. The van der Waals surface area contributed by atoms with E-state index in [1.807, 2.05) is 0 Å². The van der Waals surface area contributed by atoms with Gasteiger partial charge in [-0.15, -0.1) is 0 Å². The average Bonchev–Trinajstić information content (AvgIpc) is 1.00. The van der Waals surface area contributed by atoms with Gasteiger partial charge in [0.1, 0.15) is 0 Å². The number of rotatable bonds is 0. The normalized spacial score (nSPS) is 1.50. The van der Waals surface area contributed by atoms with Gasteiger partial charge in [-0.25, -0.2) is 0 Å². The molecule has 0 aliphatic carbocycles. The molecule has 0 N–H and O–H groups in total. The Balaban J connectivity index is -0.00000000500. The van der Waals surface area contributed by atoms with Crippen molar-refractivity contribution in [2.45, 2.75) is 6.92 Å². The SMILES string of the molecule is [CH2-]C.[Cr+3].[Cr+3]. The first-order valence-corrected chi connectivity index (χ1v) is 0.707. The van der Waals surface area contributed by atoms with Gasteiger partial charge in [-0.1, -0.05) is 0 Å². The zero-order valence-electron chi connectivity index (χ0n) is 2.52. The summed E-state index contributed by atoms with van der Waals surface area (Å²) in [5.41, 5.74) is 0. The Hall–Kier alpha value is 1.06. The van der Waals surface area contributed by atoms with Crippen molar-refractivity contribution in [3.05, 3.63) is 6.92 Å². The molecule has 0 aliphatic rings. The summed E-state index contributed by atoms with van der Waals surface area (Å²) in [7, 11) is 0. The second-order valence-corrected chi connectivity index (χ2v) is 0. The largest absolute Gasteiger partial charge is 3.00 e. The van der Waals surface area contributed by atoms with E-state index in [0.29, 0.717) is 0 Å². The van der Waals surface area contributed by atoms with Crippen molar-refractivity contribution in [1.29, 1.82) is 0 Å². The Kier molecular flexibility index (Phi) is 165. The minimum Gasteiger partial charge on any atom is -0.346 e. The second kappa shape index (κ2) is 33.7. The van der Waals surface area contributed by atoms with E-state index in [0.717, 1.165) is 0 Å². The Bertz CT molecular complexity index is 4.00. The summed E-state index contributed by atoms with van der Waals surface area (Å²) in [6.07, 6.45) is 0. The van der Waals surface area contributed by atoms with Crippen molar-refractivity contribution in [3.63, 3.8) is 0 Å². The van der Waals surface area contributed by atoms with Crippen molar-refractivity contribution in [2.24, 2.45) is 0 Å². The van der Waals surface area contributed by atoms with Crippen molar-refractivity contribution >= 4 is 0 Å². The fraction of sp³-hybridized carbons (Fsp3) is 0.500. The summed E-state index contributed by atoms with van der Waals surface area (Å²) in [5.74, 6) is 0. The molecule has 4 heavy (non-hydrogen) atoms. The Morgan fingerprint density at radius 3 is 1.00 bits per heavy atom. The van der Waals surface area contributed by atoms with Gasteiger partial charge < -0.3 is 6.92 Å². The Morgan fingerprint density at radius 1 is 1.00 bits per heavy atom. The predicted molar refractivity (Wildman–Crippen MR) is 11.0 cm³/mol.